The topological polar surface area (TPSA) is 39.1 Å². The van der Waals surface area contributed by atoms with Gasteiger partial charge in [-0.25, -0.2) is 0 Å². The van der Waals surface area contributed by atoms with E-state index in [4.69, 9.17) is 4.74 Å². The second-order valence-corrected chi connectivity index (χ2v) is 5.24. The lowest BCUT2D eigenvalue weighted by Gasteiger charge is -2.36. The zero-order valence-electron chi connectivity index (χ0n) is 13.1. The van der Waals surface area contributed by atoms with Crippen molar-refractivity contribution < 1.29 is 4.74 Å². The molecule has 110 valence electrons. The molecule has 2 unspecified atom stereocenters. The van der Waals surface area contributed by atoms with Gasteiger partial charge in [0.25, 0.3) is 0 Å². The minimum absolute atomic E-state index is 0.177. The normalized spacial score (nSPS) is 16.3. The van der Waals surface area contributed by atoms with E-state index >= 15 is 0 Å². The predicted molar refractivity (Wildman–Crippen MR) is 79.3 cm³/mol. The van der Waals surface area contributed by atoms with E-state index in [1.807, 2.05) is 6.20 Å². The number of ether oxygens (including phenoxy) is 1. The zero-order valence-corrected chi connectivity index (χ0v) is 13.1. The fourth-order valence-electron chi connectivity index (χ4n) is 2.38. The van der Waals surface area contributed by atoms with Gasteiger partial charge in [-0.2, -0.15) is 5.10 Å². The van der Waals surface area contributed by atoms with E-state index in [0.717, 1.165) is 32.4 Å². The molecule has 2 atom stereocenters. The molecule has 0 fully saturated rings. The third-order valence-electron chi connectivity index (χ3n) is 3.86. The van der Waals surface area contributed by atoms with Crippen molar-refractivity contribution in [2.75, 3.05) is 13.7 Å². The molecule has 0 bridgehead atoms. The first kappa shape index (κ1) is 16.2. The van der Waals surface area contributed by atoms with Gasteiger partial charge >= 0.3 is 0 Å². The van der Waals surface area contributed by atoms with Crippen LogP contribution in [0.5, 0.6) is 0 Å². The number of rotatable bonds is 9. The molecule has 1 rings (SSSR count). The number of methoxy groups -OCH3 is 1. The maximum absolute atomic E-state index is 5.80. The number of hydrogen-bond donors (Lipinski definition) is 1. The van der Waals surface area contributed by atoms with Crippen LogP contribution in [0.15, 0.2) is 12.3 Å². The summed E-state index contributed by atoms with van der Waals surface area (Å²) in [6.45, 7) is 10.6. The summed E-state index contributed by atoms with van der Waals surface area (Å²) in [5, 5.41) is 8.07. The van der Waals surface area contributed by atoms with E-state index in [2.05, 4.69) is 48.9 Å². The van der Waals surface area contributed by atoms with Gasteiger partial charge in [0.15, 0.2) is 0 Å². The van der Waals surface area contributed by atoms with Crippen LogP contribution in [0.3, 0.4) is 0 Å². The molecule has 0 aromatic carbocycles. The van der Waals surface area contributed by atoms with Gasteiger partial charge in [0.05, 0.1) is 17.3 Å². The summed E-state index contributed by atoms with van der Waals surface area (Å²) >= 11 is 0. The fraction of sp³-hybridized carbons (Fsp3) is 0.800. The second-order valence-electron chi connectivity index (χ2n) is 5.24. The average Bonchev–Trinajstić information content (AvgIpc) is 2.87. The zero-order chi connectivity index (χ0) is 14.3. The van der Waals surface area contributed by atoms with Gasteiger partial charge in [0.2, 0.25) is 0 Å². The van der Waals surface area contributed by atoms with Gasteiger partial charge in [0.1, 0.15) is 0 Å². The van der Waals surface area contributed by atoms with Gasteiger partial charge < -0.3 is 10.1 Å². The Labute approximate surface area is 117 Å². The number of aryl methyl sites for hydroxylation is 1. The van der Waals surface area contributed by atoms with Crippen molar-refractivity contribution in [3.8, 4) is 0 Å². The molecule has 0 radical (unpaired) electrons. The summed E-state index contributed by atoms with van der Waals surface area (Å²) in [5.41, 5.74) is 1.02. The predicted octanol–water partition coefficient (Wildman–Crippen LogP) is 3.15. The van der Waals surface area contributed by atoms with E-state index in [1.165, 1.54) is 5.69 Å². The largest absolute Gasteiger partial charge is 0.376 e. The van der Waals surface area contributed by atoms with Crippen LogP contribution in [0.25, 0.3) is 0 Å². The highest BCUT2D eigenvalue weighted by molar-refractivity contribution is 5.13. The molecule has 1 aromatic rings. The van der Waals surface area contributed by atoms with Crippen molar-refractivity contribution in [1.29, 1.82) is 0 Å². The average molecular weight is 267 g/mol. The Hall–Kier alpha value is -0.870. The van der Waals surface area contributed by atoms with Crippen molar-refractivity contribution in [3.63, 3.8) is 0 Å². The van der Waals surface area contributed by atoms with E-state index in [9.17, 15) is 0 Å². The minimum atomic E-state index is -0.208. The summed E-state index contributed by atoms with van der Waals surface area (Å²) < 4.78 is 7.90. The minimum Gasteiger partial charge on any atom is -0.376 e. The van der Waals surface area contributed by atoms with Crippen LogP contribution in [-0.4, -0.2) is 29.0 Å². The lowest BCUT2D eigenvalue weighted by atomic mass is 9.90. The summed E-state index contributed by atoms with van der Waals surface area (Å²) in [4.78, 5) is 0. The maximum Gasteiger partial charge on any atom is 0.0857 e. The van der Waals surface area contributed by atoms with Crippen molar-refractivity contribution in [3.05, 3.63) is 18.0 Å². The van der Waals surface area contributed by atoms with Crippen LogP contribution in [0.2, 0.25) is 0 Å². The van der Waals surface area contributed by atoms with Crippen LogP contribution in [0.1, 0.15) is 58.7 Å². The fourth-order valence-corrected chi connectivity index (χ4v) is 2.38. The van der Waals surface area contributed by atoms with Crippen LogP contribution < -0.4 is 5.32 Å². The van der Waals surface area contributed by atoms with E-state index in [-0.39, 0.29) is 11.6 Å². The Bertz CT molecular complexity index is 358. The second kappa shape index (κ2) is 7.65. The molecule has 1 N–H and O–H groups in total. The van der Waals surface area contributed by atoms with Crippen LogP contribution >= 0.6 is 0 Å². The molecular formula is C15H29N3O. The molecule has 0 spiro atoms. The summed E-state index contributed by atoms with van der Waals surface area (Å²) in [6, 6.07) is 2.28. The summed E-state index contributed by atoms with van der Waals surface area (Å²) in [7, 11) is 1.80. The van der Waals surface area contributed by atoms with E-state index in [1.54, 1.807) is 7.11 Å². The van der Waals surface area contributed by atoms with Crippen molar-refractivity contribution in [2.45, 2.75) is 65.1 Å². The molecule has 19 heavy (non-hydrogen) atoms. The first-order valence-electron chi connectivity index (χ1n) is 7.43. The number of nitrogens with one attached hydrogen (secondary N) is 1. The summed E-state index contributed by atoms with van der Waals surface area (Å²) in [5.74, 6) is 0. The Balaban J connectivity index is 3.04. The van der Waals surface area contributed by atoms with Gasteiger partial charge in [0, 0.05) is 19.9 Å². The molecule has 0 aliphatic carbocycles. The quantitative estimate of drug-likeness (QED) is 0.747. The monoisotopic (exact) mass is 267 g/mol. The molecule has 1 heterocycles. The smallest absolute Gasteiger partial charge is 0.0857 e. The molecule has 1 aromatic heterocycles. The molecule has 0 aliphatic heterocycles. The Morgan fingerprint density at radius 1 is 1.37 bits per heavy atom. The van der Waals surface area contributed by atoms with Crippen molar-refractivity contribution >= 4 is 0 Å². The molecule has 4 heteroatoms. The third-order valence-corrected chi connectivity index (χ3v) is 3.86. The SMILES string of the molecule is CCCNC(c1ccnn1CCC)C(C)(CC)OC. The maximum atomic E-state index is 5.80. The highest BCUT2D eigenvalue weighted by Crippen LogP contribution is 2.31. The first-order chi connectivity index (χ1) is 9.12. The molecule has 4 nitrogen and oxygen atoms in total. The number of nitrogens with zero attached hydrogens (tertiary/aromatic N) is 2. The number of aromatic nitrogens is 2. The van der Waals surface area contributed by atoms with Crippen LogP contribution in [0.4, 0.5) is 0 Å². The van der Waals surface area contributed by atoms with E-state index in [0.29, 0.717) is 0 Å². The summed E-state index contributed by atoms with van der Waals surface area (Å²) in [6.07, 6.45) is 5.05. The Morgan fingerprint density at radius 2 is 2.11 bits per heavy atom. The van der Waals surface area contributed by atoms with Crippen molar-refractivity contribution in [1.82, 2.24) is 15.1 Å². The number of hydrogen-bond acceptors (Lipinski definition) is 3. The molecule has 0 saturated carbocycles. The van der Waals surface area contributed by atoms with Gasteiger partial charge in [-0.3, -0.25) is 4.68 Å². The standard InChI is InChI=1S/C15H29N3O/c1-6-10-16-14(15(4,8-3)19-5)13-9-11-17-18(13)12-7-2/h9,11,14,16H,6-8,10,12H2,1-5H3. The van der Waals surface area contributed by atoms with Crippen LogP contribution in [0, 0.1) is 0 Å². The molecule has 0 amide bonds. The molecule has 0 aliphatic rings. The highest BCUT2D eigenvalue weighted by atomic mass is 16.5. The van der Waals surface area contributed by atoms with Crippen molar-refractivity contribution in [2.24, 2.45) is 0 Å². The molecular weight excluding hydrogens is 238 g/mol. The lowest BCUT2D eigenvalue weighted by molar-refractivity contribution is -0.0322. The van der Waals surface area contributed by atoms with Gasteiger partial charge in [-0.15, -0.1) is 0 Å². The van der Waals surface area contributed by atoms with E-state index < -0.39 is 0 Å². The molecule has 0 saturated heterocycles. The Kier molecular flexibility index (Phi) is 6.52. The van der Waals surface area contributed by atoms with Gasteiger partial charge in [-0.1, -0.05) is 20.8 Å². The lowest BCUT2D eigenvalue weighted by Crippen LogP contribution is -2.44. The Morgan fingerprint density at radius 3 is 2.63 bits per heavy atom. The third kappa shape index (κ3) is 3.80. The van der Waals surface area contributed by atoms with Crippen LogP contribution in [-0.2, 0) is 11.3 Å². The highest BCUT2D eigenvalue weighted by Gasteiger charge is 2.35. The van der Waals surface area contributed by atoms with Gasteiger partial charge in [-0.05, 0) is 38.8 Å². The first-order valence-corrected chi connectivity index (χ1v) is 7.43.